The van der Waals surface area contributed by atoms with Crippen molar-refractivity contribution in [2.75, 3.05) is 0 Å². The van der Waals surface area contributed by atoms with Crippen LogP contribution in [0.1, 0.15) is 23.7 Å². The van der Waals surface area contributed by atoms with E-state index in [1.807, 2.05) is 30.3 Å². The highest BCUT2D eigenvalue weighted by Crippen LogP contribution is 2.21. The van der Waals surface area contributed by atoms with Crippen LogP contribution in [0.3, 0.4) is 0 Å². The van der Waals surface area contributed by atoms with Crippen molar-refractivity contribution in [3.63, 3.8) is 0 Å². The van der Waals surface area contributed by atoms with Crippen LogP contribution in [0.2, 0.25) is 0 Å². The molecular formula is C16H18N4O3. The maximum atomic E-state index is 12.5. The number of nitrogens with two attached hydrogens (primary N) is 1. The highest BCUT2D eigenvalue weighted by atomic mass is 16.2. The molecule has 2 amide bonds. The Balaban J connectivity index is 2.30. The maximum absolute atomic E-state index is 12.5. The van der Waals surface area contributed by atoms with Crippen LogP contribution in [0.15, 0.2) is 36.5 Å². The number of ketones is 1. The molecule has 0 aliphatic rings. The molecule has 2 aromatic rings. The number of Topliss-reactive ketones (excluding diaryl/α,β-unsaturated/α-hetero) is 1. The van der Waals surface area contributed by atoms with E-state index in [-0.39, 0.29) is 6.42 Å². The number of hydrogen-bond acceptors (Lipinski definition) is 4. The van der Waals surface area contributed by atoms with Crippen molar-refractivity contribution in [3.05, 3.63) is 42.1 Å². The molecule has 120 valence electrons. The summed E-state index contributed by atoms with van der Waals surface area (Å²) < 4.78 is 1.52. The lowest BCUT2D eigenvalue weighted by Crippen LogP contribution is -2.45. The van der Waals surface area contributed by atoms with Gasteiger partial charge < -0.3 is 11.1 Å². The molecule has 7 nitrogen and oxygen atoms in total. The molecule has 1 heterocycles. The van der Waals surface area contributed by atoms with Crippen LogP contribution < -0.4 is 11.1 Å². The van der Waals surface area contributed by atoms with Gasteiger partial charge in [0.05, 0.1) is 11.6 Å². The Kier molecular flexibility index (Phi) is 4.90. The monoisotopic (exact) mass is 314 g/mol. The number of aryl methyl sites for hydroxylation is 1. The molecule has 2 rings (SSSR count). The zero-order valence-corrected chi connectivity index (χ0v) is 12.9. The maximum Gasteiger partial charge on any atom is 0.287 e. The van der Waals surface area contributed by atoms with E-state index in [4.69, 9.17) is 5.73 Å². The lowest BCUT2D eigenvalue weighted by Gasteiger charge is -2.13. The summed E-state index contributed by atoms with van der Waals surface area (Å²) in [5, 5.41) is 6.84. The third-order valence-electron chi connectivity index (χ3n) is 3.39. The van der Waals surface area contributed by atoms with Gasteiger partial charge in [0.1, 0.15) is 5.69 Å². The van der Waals surface area contributed by atoms with Crippen LogP contribution in [-0.2, 0) is 16.6 Å². The molecule has 1 aromatic carbocycles. The predicted octanol–water partition coefficient (Wildman–Crippen LogP) is 0.650. The minimum absolute atomic E-state index is 0.272. The fourth-order valence-corrected chi connectivity index (χ4v) is 2.22. The van der Waals surface area contributed by atoms with Crippen LogP contribution in [0.25, 0.3) is 11.3 Å². The summed E-state index contributed by atoms with van der Waals surface area (Å²) in [5.41, 5.74) is 6.62. The number of carbonyl (C=O) groups excluding carboxylic acids is 3. The van der Waals surface area contributed by atoms with Gasteiger partial charge in [0.25, 0.3) is 11.8 Å². The first kappa shape index (κ1) is 16.4. The number of carbonyl (C=O) groups is 3. The van der Waals surface area contributed by atoms with Gasteiger partial charge in [-0.1, -0.05) is 37.3 Å². The van der Waals surface area contributed by atoms with E-state index in [1.165, 1.54) is 4.68 Å². The number of rotatable bonds is 6. The molecule has 0 spiro atoms. The number of primary amides is 1. The Labute approximate surface area is 133 Å². The van der Waals surface area contributed by atoms with Crippen molar-refractivity contribution in [1.29, 1.82) is 0 Å². The number of nitrogens with zero attached hydrogens (tertiary/aromatic N) is 2. The van der Waals surface area contributed by atoms with Crippen LogP contribution >= 0.6 is 0 Å². The first-order chi connectivity index (χ1) is 10.9. The summed E-state index contributed by atoms with van der Waals surface area (Å²) in [5.74, 6) is -2.35. The van der Waals surface area contributed by atoms with Crippen LogP contribution in [0.4, 0.5) is 0 Å². The Morgan fingerprint density at radius 3 is 2.48 bits per heavy atom. The van der Waals surface area contributed by atoms with E-state index >= 15 is 0 Å². The van der Waals surface area contributed by atoms with E-state index in [0.29, 0.717) is 11.3 Å². The third kappa shape index (κ3) is 3.63. The Bertz CT molecular complexity index is 737. The molecule has 0 radical (unpaired) electrons. The van der Waals surface area contributed by atoms with E-state index in [1.54, 1.807) is 20.2 Å². The van der Waals surface area contributed by atoms with Crippen LogP contribution in [0, 0.1) is 0 Å². The van der Waals surface area contributed by atoms with Gasteiger partial charge in [0, 0.05) is 18.8 Å². The minimum Gasteiger partial charge on any atom is -0.363 e. The van der Waals surface area contributed by atoms with Crippen molar-refractivity contribution in [1.82, 2.24) is 15.1 Å². The third-order valence-corrected chi connectivity index (χ3v) is 3.39. The number of benzene rings is 1. The van der Waals surface area contributed by atoms with E-state index in [2.05, 4.69) is 10.4 Å². The molecule has 0 aliphatic heterocycles. The second kappa shape index (κ2) is 6.87. The van der Waals surface area contributed by atoms with Gasteiger partial charge in [-0.25, -0.2) is 0 Å². The van der Waals surface area contributed by atoms with Crippen molar-refractivity contribution in [2.24, 2.45) is 12.8 Å². The molecule has 0 bridgehead atoms. The van der Waals surface area contributed by atoms with Crippen LogP contribution in [0.5, 0.6) is 0 Å². The van der Waals surface area contributed by atoms with Gasteiger partial charge in [-0.05, 0) is 6.42 Å². The molecular weight excluding hydrogens is 296 g/mol. The second-order valence-electron chi connectivity index (χ2n) is 5.09. The average Bonchev–Trinajstić information content (AvgIpc) is 2.94. The quantitative estimate of drug-likeness (QED) is 0.763. The van der Waals surface area contributed by atoms with E-state index in [9.17, 15) is 14.4 Å². The van der Waals surface area contributed by atoms with Crippen molar-refractivity contribution in [3.8, 4) is 11.3 Å². The first-order valence-corrected chi connectivity index (χ1v) is 7.17. The highest BCUT2D eigenvalue weighted by Gasteiger charge is 2.25. The summed E-state index contributed by atoms with van der Waals surface area (Å²) in [7, 11) is 1.70. The van der Waals surface area contributed by atoms with Gasteiger partial charge in [-0.15, -0.1) is 0 Å². The smallest absolute Gasteiger partial charge is 0.287 e. The zero-order chi connectivity index (χ0) is 17.0. The molecule has 0 fully saturated rings. The number of nitrogens with one attached hydrogen (secondary N) is 1. The van der Waals surface area contributed by atoms with Gasteiger partial charge in [0.15, 0.2) is 0 Å². The summed E-state index contributed by atoms with van der Waals surface area (Å²) >= 11 is 0. The molecule has 0 unspecified atom stereocenters. The standard InChI is InChI=1S/C16H18N4O3/c1-3-12(14(21)15(17)22)18-16(23)11-9-20(2)19-13(11)10-7-5-4-6-8-10/h4-9,12H,3H2,1-2H3,(H2,17,22)(H,18,23)/t12-/m0/s1. The van der Waals surface area contributed by atoms with Crippen molar-refractivity contribution in [2.45, 2.75) is 19.4 Å². The second-order valence-corrected chi connectivity index (χ2v) is 5.09. The van der Waals surface area contributed by atoms with E-state index in [0.717, 1.165) is 5.56 Å². The molecule has 3 N–H and O–H groups in total. The molecule has 1 aromatic heterocycles. The van der Waals surface area contributed by atoms with Crippen molar-refractivity contribution < 1.29 is 14.4 Å². The number of aromatic nitrogens is 2. The minimum atomic E-state index is -1.06. The van der Waals surface area contributed by atoms with Crippen molar-refractivity contribution >= 4 is 17.6 Å². The zero-order valence-electron chi connectivity index (χ0n) is 12.9. The molecule has 0 saturated carbocycles. The number of amides is 2. The summed E-state index contributed by atoms with van der Waals surface area (Å²) in [4.78, 5) is 35.2. The summed E-state index contributed by atoms with van der Waals surface area (Å²) in [6.45, 7) is 1.69. The summed E-state index contributed by atoms with van der Waals surface area (Å²) in [6, 6.07) is 8.29. The molecule has 7 heteroatoms. The highest BCUT2D eigenvalue weighted by molar-refractivity contribution is 6.38. The van der Waals surface area contributed by atoms with Crippen LogP contribution in [-0.4, -0.2) is 33.4 Å². The Morgan fingerprint density at radius 2 is 1.91 bits per heavy atom. The SMILES string of the molecule is CC[C@H](NC(=O)c1cn(C)nc1-c1ccccc1)C(=O)C(N)=O. The van der Waals surface area contributed by atoms with Gasteiger partial charge in [-0.3, -0.25) is 19.1 Å². The molecule has 23 heavy (non-hydrogen) atoms. The fraction of sp³-hybridized carbons (Fsp3) is 0.250. The lowest BCUT2D eigenvalue weighted by atomic mass is 10.1. The largest absolute Gasteiger partial charge is 0.363 e. The van der Waals surface area contributed by atoms with E-state index < -0.39 is 23.6 Å². The van der Waals surface area contributed by atoms with Gasteiger partial charge in [0.2, 0.25) is 5.78 Å². The Morgan fingerprint density at radius 1 is 1.26 bits per heavy atom. The lowest BCUT2D eigenvalue weighted by molar-refractivity contribution is -0.137. The first-order valence-electron chi connectivity index (χ1n) is 7.17. The molecule has 1 atom stereocenters. The fourth-order valence-electron chi connectivity index (χ4n) is 2.22. The van der Waals surface area contributed by atoms with Gasteiger partial charge in [-0.2, -0.15) is 5.10 Å². The normalized spacial score (nSPS) is 11.7. The Hall–Kier alpha value is -2.96. The predicted molar refractivity (Wildman–Crippen MR) is 84.4 cm³/mol. The number of hydrogen-bond donors (Lipinski definition) is 2. The topological polar surface area (TPSA) is 107 Å². The average molecular weight is 314 g/mol. The summed E-state index contributed by atoms with van der Waals surface area (Å²) in [6.07, 6.45) is 1.84. The molecule has 0 saturated heterocycles. The van der Waals surface area contributed by atoms with Gasteiger partial charge >= 0.3 is 0 Å². The molecule has 0 aliphatic carbocycles.